The second-order valence-electron chi connectivity index (χ2n) is 4.31. The summed E-state index contributed by atoms with van der Waals surface area (Å²) in [7, 11) is 0. The van der Waals surface area contributed by atoms with Crippen molar-refractivity contribution in [2.24, 2.45) is 0 Å². The van der Waals surface area contributed by atoms with Crippen LogP contribution in [0.25, 0.3) is 0 Å². The Kier molecular flexibility index (Phi) is 6.94. The minimum absolute atomic E-state index is 0.510. The molecule has 102 valence electrons. The lowest BCUT2D eigenvalue weighted by atomic mass is 10.0. The van der Waals surface area contributed by atoms with Crippen LogP contribution < -0.4 is 0 Å². The maximum atomic E-state index is 10.1. The molecule has 18 heavy (non-hydrogen) atoms. The first-order chi connectivity index (χ1) is 8.69. The highest BCUT2D eigenvalue weighted by Gasteiger charge is 2.19. The van der Waals surface area contributed by atoms with Gasteiger partial charge < -0.3 is 14.6 Å². The molecule has 3 heteroatoms. The van der Waals surface area contributed by atoms with Gasteiger partial charge in [-0.15, -0.1) is 0 Å². The smallest absolute Gasteiger partial charge is 0.183 e. The Morgan fingerprint density at radius 2 is 1.72 bits per heavy atom. The number of aliphatic hydroxyl groups excluding tert-OH is 1. The van der Waals surface area contributed by atoms with Gasteiger partial charge in [-0.1, -0.05) is 24.3 Å². The van der Waals surface area contributed by atoms with Gasteiger partial charge >= 0.3 is 0 Å². The third-order valence-electron chi connectivity index (χ3n) is 2.95. The van der Waals surface area contributed by atoms with Crippen LogP contribution in [0.15, 0.2) is 24.3 Å². The van der Waals surface area contributed by atoms with E-state index in [0.29, 0.717) is 19.6 Å². The standard InChI is InChI=1S/C15H24O3/c1-4-17-15(18-5-2)14(16)11-10-13-9-7-6-8-12(13)3/h6-9,14-16H,4-5,10-11H2,1-3H3. The highest BCUT2D eigenvalue weighted by molar-refractivity contribution is 5.25. The number of hydrogen-bond acceptors (Lipinski definition) is 3. The Hall–Kier alpha value is -0.900. The van der Waals surface area contributed by atoms with E-state index in [9.17, 15) is 5.11 Å². The Morgan fingerprint density at radius 1 is 1.11 bits per heavy atom. The highest BCUT2D eigenvalue weighted by Crippen LogP contribution is 2.14. The molecule has 1 N–H and O–H groups in total. The normalized spacial score (nSPS) is 12.9. The zero-order valence-electron chi connectivity index (χ0n) is 11.6. The molecular weight excluding hydrogens is 228 g/mol. The molecule has 3 nitrogen and oxygen atoms in total. The van der Waals surface area contributed by atoms with Crippen molar-refractivity contribution in [3.05, 3.63) is 35.4 Å². The molecule has 0 heterocycles. The first kappa shape index (κ1) is 15.2. The monoisotopic (exact) mass is 252 g/mol. The van der Waals surface area contributed by atoms with Crippen LogP contribution in [0.2, 0.25) is 0 Å². The first-order valence-corrected chi connectivity index (χ1v) is 6.64. The number of ether oxygens (including phenoxy) is 2. The van der Waals surface area contributed by atoms with E-state index in [2.05, 4.69) is 19.1 Å². The van der Waals surface area contributed by atoms with Crippen LogP contribution in [0.4, 0.5) is 0 Å². The molecule has 1 atom stereocenters. The summed E-state index contributed by atoms with van der Waals surface area (Å²) in [5.41, 5.74) is 2.53. The summed E-state index contributed by atoms with van der Waals surface area (Å²) in [5.74, 6) is 0. The topological polar surface area (TPSA) is 38.7 Å². The van der Waals surface area contributed by atoms with Crippen LogP contribution in [0.1, 0.15) is 31.4 Å². The summed E-state index contributed by atoms with van der Waals surface area (Å²) in [5, 5.41) is 10.1. The van der Waals surface area contributed by atoms with Gasteiger partial charge in [0.05, 0.1) is 0 Å². The van der Waals surface area contributed by atoms with Gasteiger partial charge in [-0.05, 0) is 44.7 Å². The van der Waals surface area contributed by atoms with Gasteiger partial charge in [-0.2, -0.15) is 0 Å². The summed E-state index contributed by atoms with van der Waals surface area (Å²) in [6, 6.07) is 8.23. The summed E-state index contributed by atoms with van der Waals surface area (Å²) < 4.78 is 10.8. The summed E-state index contributed by atoms with van der Waals surface area (Å²) >= 11 is 0. The predicted octanol–water partition coefficient (Wildman–Crippen LogP) is 2.69. The quantitative estimate of drug-likeness (QED) is 0.723. The fourth-order valence-corrected chi connectivity index (χ4v) is 1.93. The first-order valence-electron chi connectivity index (χ1n) is 6.64. The number of hydrogen-bond donors (Lipinski definition) is 1. The molecule has 0 aliphatic rings. The maximum Gasteiger partial charge on any atom is 0.183 e. The van der Waals surface area contributed by atoms with Crippen molar-refractivity contribution >= 4 is 0 Å². The van der Waals surface area contributed by atoms with Crippen molar-refractivity contribution in [3.63, 3.8) is 0 Å². The molecule has 0 spiro atoms. The van der Waals surface area contributed by atoms with E-state index in [1.54, 1.807) is 0 Å². The average molecular weight is 252 g/mol. The Morgan fingerprint density at radius 3 is 2.28 bits per heavy atom. The minimum atomic E-state index is -0.579. The predicted molar refractivity (Wildman–Crippen MR) is 72.5 cm³/mol. The van der Waals surface area contributed by atoms with Crippen molar-refractivity contribution in [2.75, 3.05) is 13.2 Å². The largest absolute Gasteiger partial charge is 0.388 e. The average Bonchev–Trinajstić information content (AvgIpc) is 2.37. The number of aliphatic hydroxyl groups is 1. The Bertz CT molecular complexity index is 332. The lowest BCUT2D eigenvalue weighted by Gasteiger charge is -2.22. The van der Waals surface area contributed by atoms with E-state index in [4.69, 9.17) is 9.47 Å². The molecule has 0 saturated carbocycles. The van der Waals surface area contributed by atoms with Crippen LogP contribution in [-0.2, 0) is 15.9 Å². The van der Waals surface area contributed by atoms with Gasteiger partial charge in [0, 0.05) is 13.2 Å². The van der Waals surface area contributed by atoms with Crippen molar-refractivity contribution in [1.29, 1.82) is 0 Å². The van der Waals surface area contributed by atoms with Gasteiger partial charge in [0.2, 0.25) is 0 Å². The minimum Gasteiger partial charge on any atom is -0.388 e. The van der Waals surface area contributed by atoms with E-state index in [1.165, 1.54) is 11.1 Å². The number of benzene rings is 1. The molecule has 0 aliphatic carbocycles. The zero-order chi connectivity index (χ0) is 13.4. The molecular formula is C15H24O3. The third kappa shape index (κ3) is 4.77. The van der Waals surface area contributed by atoms with Gasteiger partial charge in [-0.25, -0.2) is 0 Å². The highest BCUT2D eigenvalue weighted by atomic mass is 16.7. The van der Waals surface area contributed by atoms with Gasteiger partial charge in [-0.3, -0.25) is 0 Å². The van der Waals surface area contributed by atoms with Gasteiger partial charge in [0.25, 0.3) is 0 Å². The molecule has 0 amide bonds. The third-order valence-corrected chi connectivity index (χ3v) is 2.95. The fraction of sp³-hybridized carbons (Fsp3) is 0.600. The van der Waals surface area contributed by atoms with E-state index in [0.717, 1.165) is 6.42 Å². The van der Waals surface area contributed by atoms with Crippen LogP contribution in [0, 0.1) is 6.92 Å². The molecule has 0 saturated heterocycles. The number of rotatable bonds is 8. The van der Waals surface area contributed by atoms with Crippen molar-refractivity contribution in [2.45, 2.75) is 46.0 Å². The molecule has 0 aromatic heterocycles. The van der Waals surface area contributed by atoms with Crippen molar-refractivity contribution in [1.82, 2.24) is 0 Å². The lowest BCUT2D eigenvalue weighted by Crippen LogP contribution is -2.32. The molecule has 0 fully saturated rings. The second kappa shape index (κ2) is 8.25. The van der Waals surface area contributed by atoms with Gasteiger partial charge in [0.1, 0.15) is 6.10 Å². The van der Waals surface area contributed by atoms with Crippen LogP contribution in [-0.4, -0.2) is 30.7 Å². The van der Waals surface area contributed by atoms with Crippen LogP contribution in [0.5, 0.6) is 0 Å². The molecule has 1 aromatic rings. The summed E-state index contributed by atoms with van der Waals surface area (Å²) in [6.07, 6.45) is 0.397. The van der Waals surface area contributed by atoms with E-state index >= 15 is 0 Å². The van der Waals surface area contributed by atoms with Crippen molar-refractivity contribution in [3.8, 4) is 0 Å². The van der Waals surface area contributed by atoms with Crippen molar-refractivity contribution < 1.29 is 14.6 Å². The molecule has 1 aromatic carbocycles. The van der Waals surface area contributed by atoms with Crippen LogP contribution >= 0.6 is 0 Å². The molecule has 0 aliphatic heterocycles. The second-order valence-corrected chi connectivity index (χ2v) is 4.31. The SMILES string of the molecule is CCOC(OCC)C(O)CCc1ccccc1C. The number of aryl methyl sites for hydroxylation is 2. The molecule has 0 bridgehead atoms. The molecule has 0 radical (unpaired) electrons. The van der Waals surface area contributed by atoms with Gasteiger partial charge in [0.15, 0.2) is 6.29 Å². The molecule has 1 unspecified atom stereocenters. The summed E-state index contributed by atoms with van der Waals surface area (Å²) in [4.78, 5) is 0. The lowest BCUT2D eigenvalue weighted by molar-refractivity contribution is -0.190. The Labute approximate surface area is 110 Å². The van der Waals surface area contributed by atoms with Crippen LogP contribution in [0.3, 0.4) is 0 Å². The van der Waals surface area contributed by atoms with E-state index in [-0.39, 0.29) is 0 Å². The zero-order valence-corrected chi connectivity index (χ0v) is 11.6. The fourth-order valence-electron chi connectivity index (χ4n) is 1.93. The Balaban J connectivity index is 2.48. The van der Waals surface area contributed by atoms with E-state index in [1.807, 2.05) is 26.0 Å². The van der Waals surface area contributed by atoms with E-state index < -0.39 is 12.4 Å². The maximum absolute atomic E-state index is 10.1. The summed E-state index contributed by atoms with van der Waals surface area (Å²) in [6.45, 7) is 6.99. The molecule has 1 rings (SSSR count).